The highest BCUT2D eigenvalue weighted by molar-refractivity contribution is 6.09. The zero-order chi connectivity index (χ0) is 33.6. The number of carbonyl (C=O) groups is 4. The standard InChI is InChI=1S/C36H50N4O6/c1-8-36(9-2)29-18-17-27(31(41)40(25(3)4)28-16-13-20-38(23-28)46-33(43)35(5,6)7)22-30(29)39(32(36)42)21-19-37-34(44)45-24-26-14-11-10-12-15-26/h10-12,14-15,17-18,22,25,28H,8-9,13,16,19-21,23-24H2,1-7H3,(H,37,44). The van der Waals surface area contributed by atoms with Crippen molar-refractivity contribution in [3.63, 3.8) is 0 Å². The molecule has 10 heteroatoms. The van der Waals surface area contributed by atoms with Gasteiger partial charge in [-0.25, -0.2) is 9.59 Å². The van der Waals surface area contributed by atoms with Crippen molar-refractivity contribution in [3.05, 3.63) is 65.2 Å². The van der Waals surface area contributed by atoms with Crippen molar-refractivity contribution in [2.75, 3.05) is 31.1 Å². The van der Waals surface area contributed by atoms with Gasteiger partial charge in [-0.1, -0.05) is 50.2 Å². The van der Waals surface area contributed by atoms with Crippen molar-refractivity contribution in [3.8, 4) is 0 Å². The van der Waals surface area contributed by atoms with E-state index in [0.717, 1.165) is 24.0 Å². The predicted octanol–water partition coefficient (Wildman–Crippen LogP) is 5.84. The minimum atomic E-state index is -0.691. The van der Waals surface area contributed by atoms with Gasteiger partial charge in [-0.3, -0.25) is 9.59 Å². The van der Waals surface area contributed by atoms with Crippen LogP contribution >= 0.6 is 0 Å². The van der Waals surface area contributed by atoms with Gasteiger partial charge < -0.3 is 24.7 Å². The SMILES string of the molecule is CCC1(CC)C(=O)N(CCNC(=O)OCc2ccccc2)c2cc(C(=O)N(C(C)C)C3CCCN(OC(=O)C(C)(C)C)C3)ccc21. The molecule has 2 aromatic rings. The van der Waals surface area contributed by atoms with E-state index in [9.17, 15) is 19.2 Å². The molecule has 1 fully saturated rings. The monoisotopic (exact) mass is 634 g/mol. The van der Waals surface area contributed by atoms with Crippen LogP contribution in [0.2, 0.25) is 0 Å². The lowest BCUT2D eigenvalue weighted by molar-refractivity contribution is -0.208. The molecule has 2 heterocycles. The Kier molecular flexibility index (Phi) is 11.1. The van der Waals surface area contributed by atoms with Gasteiger partial charge in [0.15, 0.2) is 0 Å². The Morgan fingerprint density at radius 3 is 2.39 bits per heavy atom. The summed E-state index contributed by atoms with van der Waals surface area (Å²) in [5.74, 6) is -0.457. The van der Waals surface area contributed by atoms with Gasteiger partial charge in [0.05, 0.1) is 17.4 Å². The van der Waals surface area contributed by atoms with E-state index in [0.29, 0.717) is 37.2 Å². The second-order valence-corrected chi connectivity index (χ2v) is 13.6. The minimum absolute atomic E-state index is 0.0270. The van der Waals surface area contributed by atoms with Crippen LogP contribution in [0, 0.1) is 5.41 Å². The number of carbonyl (C=O) groups excluding carboxylic acids is 4. The van der Waals surface area contributed by atoms with Crippen molar-refractivity contribution < 1.29 is 28.8 Å². The van der Waals surface area contributed by atoms with Gasteiger partial charge in [0, 0.05) is 43.0 Å². The third-order valence-electron chi connectivity index (χ3n) is 9.10. The molecule has 1 atom stereocenters. The number of anilines is 1. The molecule has 4 rings (SSSR count). The maximum Gasteiger partial charge on any atom is 0.407 e. The fourth-order valence-corrected chi connectivity index (χ4v) is 6.43. The number of alkyl carbamates (subject to hydrolysis) is 1. The number of ether oxygens (including phenoxy) is 1. The van der Waals surface area contributed by atoms with Crippen molar-refractivity contribution >= 4 is 29.6 Å². The van der Waals surface area contributed by atoms with Gasteiger partial charge in [-0.15, -0.1) is 5.06 Å². The molecule has 0 radical (unpaired) electrons. The molecule has 3 amide bonds. The number of hydroxylamine groups is 2. The highest BCUT2D eigenvalue weighted by Gasteiger charge is 2.48. The van der Waals surface area contributed by atoms with Crippen LogP contribution in [0.15, 0.2) is 48.5 Å². The van der Waals surface area contributed by atoms with Crippen molar-refractivity contribution in [1.82, 2.24) is 15.3 Å². The lowest BCUT2D eigenvalue weighted by Crippen LogP contribution is -2.53. The first kappa shape index (κ1) is 34.9. The Bertz CT molecular complexity index is 1400. The summed E-state index contributed by atoms with van der Waals surface area (Å²) in [7, 11) is 0. The second-order valence-electron chi connectivity index (χ2n) is 13.6. The molecule has 0 spiro atoms. The average molecular weight is 635 g/mol. The number of piperidine rings is 1. The smallest absolute Gasteiger partial charge is 0.407 e. The molecule has 10 nitrogen and oxygen atoms in total. The molecule has 0 bridgehead atoms. The van der Waals surface area contributed by atoms with Crippen molar-refractivity contribution in [2.45, 2.75) is 98.3 Å². The molecule has 1 N–H and O–H groups in total. The van der Waals surface area contributed by atoms with E-state index >= 15 is 0 Å². The van der Waals surface area contributed by atoms with E-state index in [1.807, 2.05) is 102 Å². The Hall–Kier alpha value is -3.92. The molecule has 0 aliphatic carbocycles. The van der Waals surface area contributed by atoms with Gasteiger partial charge in [0.25, 0.3) is 5.91 Å². The Labute approximate surface area is 273 Å². The Morgan fingerprint density at radius 1 is 1.07 bits per heavy atom. The maximum atomic E-state index is 14.2. The predicted molar refractivity (Wildman–Crippen MR) is 177 cm³/mol. The lowest BCUT2D eigenvalue weighted by Gasteiger charge is -2.41. The van der Waals surface area contributed by atoms with Crippen LogP contribution in [0.25, 0.3) is 0 Å². The van der Waals surface area contributed by atoms with E-state index in [-0.39, 0.29) is 49.6 Å². The molecule has 1 saturated heterocycles. The molecular weight excluding hydrogens is 584 g/mol. The first-order valence-corrected chi connectivity index (χ1v) is 16.5. The van der Waals surface area contributed by atoms with Crippen molar-refractivity contribution in [1.29, 1.82) is 0 Å². The summed E-state index contributed by atoms with van der Waals surface area (Å²) in [6.07, 6.45) is 2.27. The largest absolute Gasteiger partial charge is 0.445 e. The molecule has 2 aromatic carbocycles. The topological polar surface area (TPSA) is 108 Å². The number of nitrogens with one attached hydrogen (secondary N) is 1. The fraction of sp³-hybridized carbons (Fsp3) is 0.556. The molecule has 1 unspecified atom stereocenters. The number of hydrogen-bond acceptors (Lipinski definition) is 7. The highest BCUT2D eigenvalue weighted by atomic mass is 16.7. The minimum Gasteiger partial charge on any atom is -0.445 e. The van der Waals surface area contributed by atoms with Crippen LogP contribution in [0.4, 0.5) is 10.5 Å². The number of amides is 3. The van der Waals surface area contributed by atoms with Gasteiger partial charge in [-0.2, -0.15) is 0 Å². The van der Waals surface area contributed by atoms with Gasteiger partial charge in [-0.05, 0) is 83.6 Å². The van der Waals surface area contributed by atoms with E-state index in [2.05, 4.69) is 5.32 Å². The summed E-state index contributed by atoms with van der Waals surface area (Å²) >= 11 is 0. The van der Waals surface area contributed by atoms with Gasteiger partial charge in [0.1, 0.15) is 6.61 Å². The van der Waals surface area contributed by atoms with Crippen LogP contribution in [-0.2, 0) is 31.2 Å². The second kappa shape index (κ2) is 14.7. The van der Waals surface area contributed by atoms with Crippen LogP contribution in [0.3, 0.4) is 0 Å². The third-order valence-corrected chi connectivity index (χ3v) is 9.10. The zero-order valence-electron chi connectivity index (χ0n) is 28.4. The number of benzene rings is 2. The summed E-state index contributed by atoms with van der Waals surface area (Å²) < 4.78 is 5.34. The number of rotatable bonds is 11. The summed E-state index contributed by atoms with van der Waals surface area (Å²) in [6, 6.07) is 14.8. The maximum absolute atomic E-state index is 14.2. The molecular formula is C36H50N4O6. The quantitative estimate of drug-likeness (QED) is 0.331. The molecule has 2 aliphatic rings. The molecule has 0 saturated carbocycles. The molecule has 2 aliphatic heterocycles. The Morgan fingerprint density at radius 2 is 1.76 bits per heavy atom. The molecule has 0 aromatic heterocycles. The Balaban J connectivity index is 1.51. The summed E-state index contributed by atoms with van der Waals surface area (Å²) in [4.78, 5) is 62.4. The van der Waals surface area contributed by atoms with E-state index in [1.54, 1.807) is 9.96 Å². The first-order valence-electron chi connectivity index (χ1n) is 16.5. The van der Waals surface area contributed by atoms with Crippen LogP contribution in [-0.4, -0.2) is 72.1 Å². The van der Waals surface area contributed by atoms with Crippen LogP contribution in [0.1, 0.15) is 95.6 Å². The van der Waals surface area contributed by atoms with E-state index < -0.39 is 16.9 Å². The first-order chi connectivity index (χ1) is 21.8. The van der Waals surface area contributed by atoms with Crippen LogP contribution in [0.5, 0.6) is 0 Å². The van der Waals surface area contributed by atoms with Gasteiger partial charge in [0.2, 0.25) is 5.91 Å². The fourth-order valence-electron chi connectivity index (χ4n) is 6.43. The molecule has 46 heavy (non-hydrogen) atoms. The summed E-state index contributed by atoms with van der Waals surface area (Å²) in [5.41, 5.74) is 1.66. The summed E-state index contributed by atoms with van der Waals surface area (Å²) in [6.45, 7) is 15.1. The zero-order valence-corrected chi connectivity index (χ0v) is 28.4. The highest BCUT2D eigenvalue weighted by Crippen LogP contribution is 2.46. The number of fused-ring (bicyclic) bond motifs is 1. The average Bonchev–Trinajstić information content (AvgIpc) is 3.26. The third kappa shape index (κ3) is 7.54. The lowest BCUT2D eigenvalue weighted by atomic mass is 9.77. The number of hydrogen-bond donors (Lipinski definition) is 1. The van der Waals surface area contributed by atoms with E-state index in [1.165, 1.54) is 0 Å². The molecule has 250 valence electrons. The normalized spacial score (nSPS) is 17.9. The van der Waals surface area contributed by atoms with E-state index in [4.69, 9.17) is 9.57 Å². The van der Waals surface area contributed by atoms with Crippen LogP contribution < -0.4 is 10.2 Å². The number of nitrogens with zero attached hydrogens (tertiary/aromatic N) is 3. The van der Waals surface area contributed by atoms with Crippen molar-refractivity contribution in [2.24, 2.45) is 5.41 Å². The summed E-state index contributed by atoms with van der Waals surface area (Å²) in [5, 5.41) is 4.45. The van der Waals surface area contributed by atoms with Gasteiger partial charge >= 0.3 is 12.1 Å².